The molecule has 1 unspecified atom stereocenters. The highest BCUT2D eigenvalue weighted by molar-refractivity contribution is 7.09. The quantitative estimate of drug-likeness (QED) is 0.878. The summed E-state index contributed by atoms with van der Waals surface area (Å²) in [6, 6.07) is 0.426. The summed E-state index contributed by atoms with van der Waals surface area (Å²) in [4.78, 5) is 5.66. The smallest absolute Gasteiger partial charge is 0.0798 e. The van der Waals surface area contributed by atoms with Gasteiger partial charge >= 0.3 is 0 Å². The van der Waals surface area contributed by atoms with Crippen molar-refractivity contribution in [3.05, 3.63) is 16.1 Å². The second-order valence-electron chi connectivity index (χ2n) is 4.49. The van der Waals surface area contributed by atoms with Gasteiger partial charge < -0.3 is 10.1 Å². The lowest BCUT2D eigenvalue weighted by atomic mass is 10.00. The van der Waals surface area contributed by atoms with Crippen LogP contribution in [-0.2, 0) is 4.74 Å². The Labute approximate surface area is 101 Å². The average Bonchev–Trinajstić information content (AvgIpc) is 2.74. The summed E-state index contributed by atoms with van der Waals surface area (Å²) < 4.78 is 5.36. The topological polar surface area (TPSA) is 34.2 Å². The molecule has 3 nitrogen and oxygen atoms in total. The zero-order valence-electron chi connectivity index (χ0n) is 10.0. The molecule has 4 heteroatoms. The van der Waals surface area contributed by atoms with Gasteiger partial charge in [0.05, 0.1) is 11.2 Å². The fourth-order valence-corrected chi connectivity index (χ4v) is 2.95. The Morgan fingerprint density at radius 1 is 1.56 bits per heavy atom. The third kappa shape index (κ3) is 3.03. The molecule has 1 fully saturated rings. The highest BCUT2D eigenvalue weighted by Crippen LogP contribution is 2.22. The first kappa shape index (κ1) is 12.0. The Morgan fingerprint density at radius 2 is 2.31 bits per heavy atom. The number of nitrogens with zero attached hydrogens (tertiary/aromatic N) is 1. The average molecular weight is 240 g/mol. The van der Waals surface area contributed by atoms with Crippen LogP contribution < -0.4 is 5.32 Å². The van der Waals surface area contributed by atoms with Gasteiger partial charge in [-0.3, -0.25) is 0 Å². The standard InChI is InChI=1S/C12H20N2OS/c1-9(12-10(2)14-8-16-12)13-7-11-3-5-15-6-4-11/h8-9,11,13H,3-7H2,1-2H3. The van der Waals surface area contributed by atoms with Gasteiger partial charge in [-0.1, -0.05) is 0 Å². The molecule has 0 bridgehead atoms. The van der Waals surface area contributed by atoms with E-state index in [9.17, 15) is 0 Å². The summed E-state index contributed by atoms with van der Waals surface area (Å²) in [6.45, 7) is 7.26. The van der Waals surface area contributed by atoms with Crippen LogP contribution in [0.15, 0.2) is 5.51 Å². The molecule has 1 N–H and O–H groups in total. The lowest BCUT2D eigenvalue weighted by molar-refractivity contribution is 0.0656. The predicted octanol–water partition coefficient (Wildman–Crippen LogP) is 2.53. The molecule has 0 saturated carbocycles. The van der Waals surface area contributed by atoms with Crippen LogP contribution in [0, 0.1) is 12.8 Å². The Hall–Kier alpha value is -0.450. The Kier molecular flexibility index (Phi) is 4.32. The number of aryl methyl sites for hydroxylation is 1. The molecular weight excluding hydrogens is 220 g/mol. The highest BCUT2D eigenvalue weighted by Gasteiger charge is 2.16. The first-order valence-electron chi connectivity index (χ1n) is 5.98. The lowest BCUT2D eigenvalue weighted by Gasteiger charge is -2.24. The summed E-state index contributed by atoms with van der Waals surface area (Å²) in [7, 11) is 0. The third-order valence-electron chi connectivity index (χ3n) is 3.23. The van der Waals surface area contributed by atoms with E-state index in [-0.39, 0.29) is 0 Å². The van der Waals surface area contributed by atoms with E-state index in [2.05, 4.69) is 24.1 Å². The first-order chi connectivity index (χ1) is 7.77. The van der Waals surface area contributed by atoms with E-state index in [0.717, 1.165) is 31.4 Å². The molecule has 1 aromatic heterocycles. The minimum atomic E-state index is 0.426. The van der Waals surface area contributed by atoms with Crippen molar-refractivity contribution in [1.29, 1.82) is 0 Å². The van der Waals surface area contributed by atoms with Crippen LogP contribution in [0.2, 0.25) is 0 Å². The molecule has 1 aliphatic rings. The fourth-order valence-electron chi connectivity index (χ4n) is 2.11. The molecule has 1 atom stereocenters. The van der Waals surface area contributed by atoms with Crippen molar-refractivity contribution in [2.24, 2.45) is 5.92 Å². The van der Waals surface area contributed by atoms with E-state index in [0.29, 0.717) is 6.04 Å². The molecule has 0 spiro atoms. The minimum absolute atomic E-state index is 0.426. The number of thiazole rings is 1. The van der Waals surface area contributed by atoms with Crippen LogP contribution >= 0.6 is 11.3 Å². The molecule has 1 aliphatic heterocycles. The van der Waals surface area contributed by atoms with Gasteiger partial charge in [-0.2, -0.15) is 0 Å². The molecule has 16 heavy (non-hydrogen) atoms. The molecule has 1 aromatic rings. The van der Waals surface area contributed by atoms with Gasteiger partial charge in [0.1, 0.15) is 0 Å². The molecule has 0 radical (unpaired) electrons. The van der Waals surface area contributed by atoms with Crippen molar-refractivity contribution >= 4 is 11.3 Å². The molecule has 0 amide bonds. The fraction of sp³-hybridized carbons (Fsp3) is 0.750. The Balaban J connectivity index is 1.79. The molecule has 0 aromatic carbocycles. The van der Waals surface area contributed by atoms with Gasteiger partial charge in [-0.15, -0.1) is 11.3 Å². The maximum atomic E-state index is 5.36. The van der Waals surface area contributed by atoms with Crippen molar-refractivity contribution in [1.82, 2.24) is 10.3 Å². The van der Waals surface area contributed by atoms with Crippen LogP contribution in [-0.4, -0.2) is 24.7 Å². The highest BCUT2D eigenvalue weighted by atomic mass is 32.1. The summed E-state index contributed by atoms with van der Waals surface area (Å²) >= 11 is 1.75. The van der Waals surface area contributed by atoms with E-state index >= 15 is 0 Å². The zero-order chi connectivity index (χ0) is 11.4. The van der Waals surface area contributed by atoms with E-state index in [4.69, 9.17) is 4.74 Å². The van der Waals surface area contributed by atoms with E-state index in [1.807, 2.05) is 5.51 Å². The van der Waals surface area contributed by atoms with Gasteiger partial charge in [-0.05, 0) is 39.2 Å². The number of hydrogen-bond donors (Lipinski definition) is 1. The number of nitrogens with one attached hydrogen (secondary N) is 1. The summed E-state index contributed by atoms with van der Waals surface area (Å²) in [5, 5.41) is 3.61. The summed E-state index contributed by atoms with van der Waals surface area (Å²) in [5.41, 5.74) is 3.09. The molecule has 2 rings (SSSR count). The van der Waals surface area contributed by atoms with Crippen LogP contribution in [0.4, 0.5) is 0 Å². The van der Waals surface area contributed by atoms with Gasteiger partial charge in [0.25, 0.3) is 0 Å². The van der Waals surface area contributed by atoms with Crippen molar-refractivity contribution in [2.45, 2.75) is 32.7 Å². The normalized spacial score (nSPS) is 19.9. The monoisotopic (exact) mass is 240 g/mol. The van der Waals surface area contributed by atoms with E-state index in [1.165, 1.54) is 17.7 Å². The molecular formula is C12H20N2OS. The summed E-state index contributed by atoms with van der Waals surface area (Å²) in [5.74, 6) is 0.782. The van der Waals surface area contributed by atoms with Gasteiger partial charge in [0.15, 0.2) is 0 Å². The number of hydrogen-bond acceptors (Lipinski definition) is 4. The lowest BCUT2D eigenvalue weighted by Crippen LogP contribution is -2.29. The van der Waals surface area contributed by atoms with E-state index in [1.54, 1.807) is 11.3 Å². The second kappa shape index (κ2) is 5.75. The van der Waals surface area contributed by atoms with Crippen LogP contribution in [0.1, 0.15) is 36.4 Å². The Morgan fingerprint density at radius 3 is 2.94 bits per heavy atom. The molecule has 2 heterocycles. The van der Waals surface area contributed by atoms with Gasteiger partial charge in [-0.25, -0.2) is 4.98 Å². The first-order valence-corrected chi connectivity index (χ1v) is 6.86. The van der Waals surface area contributed by atoms with Crippen LogP contribution in [0.3, 0.4) is 0 Å². The van der Waals surface area contributed by atoms with Crippen molar-refractivity contribution < 1.29 is 4.74 Å². The number of rotatable bonds is 4. The van der Waals surface area contributed by atoms with Crippen molar-refractivity contribution in [2.75, 3.05) is 19.8 Å². The second-order valence-corrected chi connectivity index (χ2v) is 5.37. The maximum Gasteiger partial charge on any atom is 0.0798 e. The summed E-state index contributed by atoms with van der Waals surface area (Å²) in [6.07, 6.45) is 2.39. The largest absolute Gasteiger partial charge is 0.381 e. The van der Waals surface area contributed by atoms with E-state index < -0.39 is 0 Å². The maximum absolute atomic E-state index is 5.36. The molecule has 0 aliphatic carbocycles. The predicted molar refractivity (Wildman–Crippen MR) is 66.8 cm³/mol. The SMILES string of the molecule is Cc1ncsc1C(C)NCC1CCOCC1. The minimum Gasteiger partial charge on any atom is -0.381 e. The molecule has 90 valence electrons. The number of ether oxygens (including phenoxy) is 1. The Bertz CT molecular complexity index is 321. The van der Waals surface area contributed by atoms with Gasteiger partial charge in [0, 0.05) is 24.1 Å². The van der Waals surface area contributed by atoms with Crippen LogP contribution in [0.25, 0.3) is 0 Å². The number of aromatic nitrogens is 1. The van der Waals surface area contributed by atoms with Crippen LogP contribution in [0.5, 0.6) is 0 Å². The zero-order valence-corrected chi connectivity index (χ0v) is 10.8. The van der Waals surface area contributed by atoms with Crippen molar-refractivity contribution in [3.63, 3.8) is 0 Å². The van der Waals surface area contributed by atoms with Gasteiger partial charge in [0.2, 0.25) is 0 Å². The third-order valence-corrected chi connectivity index (χ3v) is 4.34. The molecule has 1 saturated heterocycles. The van der Waals surface area contributed by atoms with Crippen molar-refractivity contribution in [3.8, 4) is 0 Å².